The summed E-state index contributed by atoms with van der Waals surface area (Å²) in [5.41, 5.74) is 4.40. The normalized spacial score (nSPS) is 14.4. The maximum absolute atomic E-state index is 13.4. The fraction of sp³-hybridized carbons (Fsp3) is 0.458. The Bertz CT molecular complexity index is 1260. The summed E-state index contributed by atoms with van der Waals surface area (Å²) in [4.78, 5) is 40.3. The van der Waals surface area contributed by atoms with Gasteiger partial charge in [-0.15, -0.1) is 0 Å². The molecule has 34 heavy (non-hydrogen) atoms. The molecule has 1 aromatic carbocycles. The van der Waals surface area contributed by atoms with Crippen LogP contribution in [0.25, 0.3) is 10.9 Å². The molecule has 0 saturated carbocycles. The number of carbonyl (C=O) groups is 1. The number of aromatic nitrogens is 4. The molecule has 1 aliphatic heterocycles. The van der Waals surface area contributed by atoms with Crippen LogP contribution in [0.4, 0.5) is 5.95 Å². The van der Waals surface area contributed by atoms with Gasteiger partial charge in [0.25, 0.3) is 11.5 Å². The van der Waals surface area contributed by atoms with Crippen LogP contribution in [-0.2, 0) is 13.0 Å². The van der Waals surface area contributed by atoms with Crippen molar-refractivity contribution in [1.82, 2.24) is 25.0 Å². The Hall–Kier alpha value is -3.53. The highest BCUT2D eigenvalue weighted by Crippen LogP contribution is 2.30. The molecule has 0 bridgehead atoms. The average Bonchev–Trinajstić information content (AvgIpc) is 2.86. The highest BCUT2D eigenvalue weighted by Gasteiger charge is 2.24. The van der Waals surface area contributed by atoms with Gasteiger partial charge in [-0.2, -0.15) is 0 Å². The van der Waals surface area contributed by atoms with Crippen LogP contribution in [0.15, 0.2) is 23.3 Å². The molecule has 1 fully saturated rings. The van der Waals surface area contributed by atoms with E-state index in [-0.39, 0.29) is 11.1 Å². The van der Waals surface area contributed by atoms with Crippen molar-refractivity contribution < 1.29 is 14.7 Å². The number of hydrogen-bond acceptors (Lipinski definition) is 8. The number of methoxy groups -OCH3 is 1. The van der Waals surface area contributed by atoms with Crippen LogP contribution < -0.4 is 20.7 Å². The van der Waals surface area contributed by atoms with Crippen LogP contribution in [-0.4, -0.2) is 50.8 Å². The third kappa shape index (κ3) is 4.33. The molecule has 0 spiro atoms. The second-order valence-electron chi connectivity index (χ2n) is 8.67. The van der Waals surface area contributed by atoms with Gasteiger partial charge in [0.05, 0.1) is 23.6 Å². The number of benzene rings is 1. The van der Waals surface area contributed by atoms with E-state index in [0.29, 0.717) is 29.6 Å². The number of hydroxylamine groups is 1. The first-order valence-corrected chi connectivity index (χ1v) is 11.5. The van der Waals surface area contributed by atoms with Crippen molar-refractivity contribution in [2.45, 2.75) is 46.6 Å². The van der Waals surface area contributed by atoms with E-state index < -0.39 is 5.91 Å². The molecule has 2 aromatic heterocycles. The molecule has 3 heterocycles. The topological polar surface area (TPSA) is 122 Å². The molecule has 10 nitrogen and oxygen atoms in total. The smallest absolute Gasteiger partial charge is 0.277 e. The first kappa shape index (κ1) is 23.6. The van der Waals surface area contributed by atoms with Crippen molar-refractivity contribution in [3.05, 3.63) is 51.3 Å². The van der Waals surface area contributed by atoms with Crippen molar-refractivity contribution in [2.24, 2.45) is 5.92 Å². The van der Waals surface area contributed by atoms with Gasteiger partial charge >= 0.3 is 0 Å². The molecule has 1 amide bonds. The number of piperidine rings is 1. The maximum Gasteiger partial charge on any atom is 0.277 e. The van der Waals surface area contributed by atoms with Gasteiger partial charge < -0.3 is 9.64 Å². The number of ether oxygens (including phenoxy) is 1. The van der Waals surface area contributed by atoms with Crippen molar-refractivity contribution in [3.63, 3.8) is 0 Å². The highest BCUT2D eigenvalue weighted by molar-refractivity contribution is 5.92. The van der Waals surface area contributed by atoms with E-state index >= 15 is 0 Å². The van der Waals surface area contributed by atoms with Gasteiger partial charge in [-0.25, -0.2) is 20.4 Å². The summed E-state index contributed by atoms with van der Waals surface area (Å²) in [6, 6.07) is 1.89. The zero-order chi connectivity index (χ0) is 24.4. The summed E-state index contributed by atoms with van der Waals surface area (Å²) < 4.78 is 7.38. The van der Waals surface area contributed by atoms with Crippen LogP contribution in [0, 0.1) is 19.8 Å². The van der Waals surface area contributed by atoms with Gasteiger partial charge in [0, 0.05) is 37.6 Å². The first-order chi connectivity index (χ1) is 16.4. The predicted octanol–water partition coefficient (Wildman–Crippen LogP) is 2.41. The number of rotatable bonds is 6. The number of nitrogens with zero attached hydrogens (tertiary/aromatic N) is 5. The van der Waals surface area contributed by atoms with E-state index in [9.17, 15) is 9.59 Å². The van der Waals surface area contributed by atoms with E-state index in [4.69, 9.17) is 14.9 Å². The number of anilines is 1. The van der Waals surface area contributed by atoms with Crippen molar-refractivity contribution in [2.75, 3.05) is 25.1 Å². The van der Waals surface area contributed by atoms with Gasteiger partial charge in [-0.05, 0) is 50.7 Å². The molecular weight excluding hydrogens is 436 g/mol. The molecule has 0 atom stereocenters. The zero-order valence-corrected chi connectivity index (χ0v) is 20.0. The van der Waals surface area contributed by atoms with Crippen molar-refractivity contribution in [1.29, 1.82) is 0 Å². The predicted molar refractivity (Wildman–Crippen MR) is 128 cm³/mol. The minimum Gasteiger partial charge on any atom is -0.496 e. The molecule has 180 valence electrons. The Kier molecular flexibility index (Phi) is 6.78. The van der Waals surface area contributed by atoms with E-state index in [1.165, 1.54) is 12.4 Å². The highest BCUT2D eigenvalue weighted by atomic mass is 16.5. The largest absolute Gasteiger partial charge is 0.496 e. The standard InChI is InChI=1S/C24H30N6O4/c1-5-18-20-19(10-14(2)21(18)34-4)23(32)30(15(3)27-20)13-16-6-8-29(9-7-16)24-25-11-17(12-26-24)22(31)28-33/h10-12,16,33H,5-9,13H2,1-4H3,(H,28,31). The zero-order valence-electron chi connectivity index (χ0n) is 20.0. The third-order valence-corrected chi connectivity index (χ3v) is 6.57. The van der Waals surface area contributed by atoms with Gasteiger partial charge in [0.2, 0.25) is 5.95 Å². The molecule has 4 rings (SSSR count). The lowest BCUT2D eigenvalue weighted by Gasteiger charge is -2.32. The summed E-state index contributed by atoms with van der Waals surface area (Å²) in [6.07, 6.45) is 5.29. The van der Waals surface area contributed by atoms with Crippen LogP contribution in [0.1, 0.15) is 47.1 Å². The Morgan fingerprint density at radius 2 is 1.91 bits per heavy atom. The van der Waals surface area contributed by atoms with Crippen molar-refractivity contribution in [3.8, 4) is 5.75 Å². The Labute approximate surface area is 197 Å². The molecule has 3 aromatic rings. The van der Waals surface area contributed by atoms with Gasteiger partial charge in [-0.1, -0.05) is 6.92 Å². The molecule has 0 radical (unpaired) electrons. The fourth-order valence-corrected chi connectivity index (χ4v) is 4.73. The van der Waals surface area contributed by atoms with Crippen molar-refractivity contribution >= 4 is 22.8 Å². The number of aryl methyl sites for hydroxylation is 3. The molecule has 1 saturated heterocycles. The molecule has 10 heteroatoms. The summed E-state index contributed by atoms with van der Waals surface area (Å²) in [5.74, 6) is 1.75. The van der Waals surface area contributed by atoms with Crippen LogP contribution in [0.5, 0.6) is 5.75 Å². The Morgan fingerprint density at radius 3 is 2.50 bits per heavy atom. The second kappa shape index (κ2) is 9.76. The first-order valence-electron chi connectivity index (χ1n) is 11.5. The van der Waals surface area contributed by atoms with E-state index in [2.05, 4.69) is 14.9 Å². The summed E-state index contributed by atoms with van der Waals surface area (Å²) in [5, 5.41) is 9.35. The lowest BCUT2D eigenvalue weighted by atomic mass is 9.96. The number of nitrogens with one attached hydrogen (secondary N) is 1. The Balaban J connectivity index is 1.52. The molecule has 0 unspecified atom stereocenters. The lowest BCUT2D eigenvalue weighted by molar-refractivity contribution is 0.0705. The Morgan fingerprint density at radius 1 is 1.24 bits per heavy atom. The minimum atomic E-state index is -0.644. The van der Waals surface area contributed by atoms with Crippen LogP contribution >= 0.6 is 0 Å². The fourth-order valence-electron chi connectivity index (χ4n) is 4.73. The van der Waals surface area contributed by atoms with E-state index in [0.717, 1.165) is 54.7 Å². The molecule has 2 N–H and O–H groups in total. The maximum atomic E-state index is 13.4. The van der Waals surface area contributed by atoms with Crippen LogP contribution in [0.3, 0.4) is 0 Å². The average molecular weight is 467 g/mol. The minimum absolute atomic E-state index is 0.00790. The summed E-state index contributed by atoms with van der Waals surface area (Å²) >= 11 is 0. The van der Waals surface area contributed by atoms with Gasteiger partial charge in [0.1, 0.15) is 11.6 Å². The molecular formula is C24H30N6O4. The van der Waals surface area contributed by atoms with E-state index in [1.807, 2.05) is 26.8 Å². The third-order valence-electron chi connectivity index (χ3n) is 6.57. The number of amides is 1. The quantitative estimate of drug-likeness (QED) is 0.419. The summed E-state index contributed by atoms with van der Waals surface area (Å²) in [6.45, 7) is 8.01. The number of carbonyl (C=O) groups excluding carboxylic acids is 1. The second-order valence-corrected chi connectivity index (χ2v) is 8.67. The van der Waals surface area contributed by atoms with E-state index in [1.54, 1.807) is 17.2 Å². The molecule has 0 aliphatic carbocycles. The number of hydrogen-bond donors (Lipinski definition) is 2. The number of fused-ring (bicyclic) bond motifs is 1. The summed E-state index contributed by atoms with van der Waals surface area (Å²) in [7, 11) is 1.65. The lowest BCUT2D eigenvalue weighted by Crippen LogP contribution is -2.38. The van der Waals surface area contributed by atoms with Crippen LogP contribution in [0.2, 0.25) is 0 Å². The molecule has 1 aliphatic rings. The SMILES string of the molecule is CCc1c(OC)c(C)cc2c(=O)n(CC3CCN(c4ncc(C(=O)NO)cn4)CC3)c(C)nc12. The van der Waals surface area contributed by atoms with Gasteiger partial charge in [0.15, 0.2) is 0 Å². The van der Waals surface area contributed by atoms with Gasteiger partial charge in [-0.3, -0.25) is 19.4 Å². The monoisotopic (exact) mass is 466 g/mol.